The van der Waals surface area contributed by atoms with Crippen molar-refractivity contribution in [3.8, 4) is 0 Å². The van der Waals surface area contributed by atoms with Crippen molar-refractivity contribution in [1.82, 2.24) is 9.97 Å². The minimum atomic E-state index is 0.429. The number of hydrogen-bond donors (Lipinski definition) is 1. The molecule has 0 radical (unpaired) electrons. The van der Waals surface area contributed by atoms with Crippen LogP contribution >= 0.6 is 0 Å². The van der Waals surface area contributed by atoms with E-state index in [0.29, 0.717) is 12.0 Å². The third-order valence-corrected chi connectivity index (χ3v) is 2.99. The summed E-state index contributed by atoms with van der Waals surface area (Å²) >= 11 is 0. The summed E-state index contributed by atoms with van der Waals surface area (Å²) in [6.07, 6.45) is 1.07. The molecule has 1 N–H and O–H groups in total. The predicted molar refractivity (Wildman–Crippen MR) is 68.6 cm³/mol. The SMILES string of the molecule is CCNc1nc(C)cc(N(C)C2CCOC2)n1. The lowest BCUT2D eigenvalue weighted by Crippen LogP contribution is -2.32. The molecule has 1 aliphatic rings. The summed E-state index contributed by atoms with van der Waals surface area (Å²) in [6, 6.07) is 2.44. The van der Waals surface area contributed by atoms with Gasteiger partial charge in [0.25, 0.3) is 0 Å². The first-order valence-electron chi connectivity index (χ1n) is 6.11. The number of rotatable bonds is 4. The average molecular weight is 236 g/mol. The zero-order valence-corrected chi connectivity index (χ0v) is 10.7. The van der Waals surface area contributed by atoms with E-state index in [-0.39, 0.29) is 0 Å². The fourth-order valence-electron chi connectivity index (χ4n) is 1.98. The minimum Gasteiger partial charge on any atom is -0.379 e. The Hall–Kier alpha value is -1.36. The first-order valence-corrected chi connectivity index (χ1v) is 6.11. The second kappa shape index (κ2) is 5.31. The molecule has 1 saturated heterocycles. The first-order chi connectivity index (χ1) is 8.20. The Morgan fingerprint density at radius 3 is 3.00 bits per heavy atom. The van der Waals surface area contributed by atoms with E-state index >= 15 is 0 Å². The monoisotopic (exact) mass is 236 g/mol. The standard InChI is InChI=1S/C12H20N4O/c1-4-13-12-14-9(2)7-11(15-12)16(3)10-5-6-17-8-10/h7,10H,4-6,8H2,1-3H3,(H,13,14,15). The zero-order valence-electron chi connectivity index (χ0n) is 10.7. The molecule has 1 aromatic heterocycles. The molecule has 0 aromatic carbocycles. The van der Waals surface area contributed by atoms with Crippen molar-refractivity contribution in [1.29, 1.82) is 0 Å². The second-order valence-corrected chi connectivity index (χ2v) is 4.35. The van der Waals surface area contributed by atoms with E-state index < -0.39 is 0 Å². The van der Waals surface area contributed by atoms with Gasteiger partial charge in [0.2, 0.25) is 5.95 Å². The van der Waals surface area contributed by atoms with Crippen molar-refractivity contribution in [3.63, 3.8) is 0 Å². The Bertz CT molecular complexity index is 377. The topological polar surface area (TPSA) is 50.3 Å². The second-order valence-electron chi connectivity index (χ2n) is 4.35. The van der Waals surface area contributed by atoms with Crippen molar-refractivity contribution in [3.05, 3.63) is 11.8 Å². The molecule has 17 heavy (non-hydrogen) atoms. The summed E-state index contributed by atoms with van der Waals surface area (Å²) in [5.41, 5.74) is 0.983. The summed E-state index contributed by atoms with van der Waals surface area (Å²) in [6.45, 7) is 6.50. The van der Waals surface area contributed by atoms with Gasteiger partial charge in [-0.15, -0.1) is 0 Å². The highest BCUT2D eigenvalue weighted by Gasteiger charge is 2.21. The normalized spacial score (nSPS) is 19.4. The van der Waals surface area contributed by atoms with E-state index in [9.17, 15) is 0 Å². The van der Waals surface area contributed by atoms with Gasteiger partial charge in [0.15, 0.2) is 0 Å². The third-order valence-electron chi connectivity index (χ3n) is 2.99. The maximum absolute atomic E-state index is 5.41. The molecule has 2 heterocycles. The summed E-state index contributed by atoms with van der Waals surface area (Å²) in [5.74, 6) is 1.66. The average Bonchev–Trinajstić information content (AvgIpc) is 2.81. The van der Waals surface area contributed by atoms with Gasteiger partial charge in [0.05, 0.1) is 12.6 Å². The van der Waals surface area contributed by atoms with Crippen LogP contribution < -0.4 is 10.2 Å². The lowest BCUT2D eigenvalue weighted by molar-refractivity contribution is 0.193. The molecule has 1 aromatic rings. The third kappa shape index (κ3) is 2.85. The number of nitrogens with zero attached hydrogens (tertiary/aromatic N) is 3. The summed E-state index contributed by atoms with van der Waals surface area (Å²) in [4.78, 5) is 11.1. The molecular formula is C12H20N4O. The molecule has 1 aliphatic heterocycles. The van der Waals surface area contributed by atoms with Gasteiger partial charge in [-0.2, -0.15) is 4.98 Å². The molecule has 94 valence electrons. The van der Waals surface area contributed by atoms with Crippen LogP contribution in [0.1, 0.15) is 19.0 Å². The maximum atomic E-state index is 5.41. The van der Waals surface area contributed by atoms with Gasteiger partial charge in [-0.05, 0) is 20.3 Å². The smallest absolute Gasteiger partial charge is 0.224 e. The van der Waals surface area contributed by atoms with Crippen LogP contribution in [0.15, 0.2) is 6.07 Å². The molecule has 0 saturated carbocycles. The Labute approximate surface area is 102 Å². The Morgan fingerprint density at radius 1 is 1.53 bits per heavy atom. The Morgan fingerprint density at radius 2 is 2.35 bits per heavy atom. The van der Waals surface area contributed by atoms with E-state index in [4.69, 9.17) is 4.74 Å². The fraction of sp³-hybridized carbons (Fsp3) is 0.667. The molecule has 0 spiro atoms. The van der Waals surface area contributed by atoms with Crippen LogP contribution in [0, 0.1) is 6.92 Å². The molecule has 2 rings (SSSR count). The lowest BCUT2D eigenvalue weighted by atomic mass is 10.2. The Kier molecular flexibility index (Phi) is 3.78. The van der Waals surface area contributed by atoms with Crippen LogP contribution in [0.4, 0.5) is 11.8 Å². The van der Waals surface area contributed by atoms with Crippen molar-refractivity contribution in [2.24, 2.45) is 0 Å². The lowest BCUT2D eigenvalue weighted by Gasteiger charge is -2.24. The van der Waals surface area contributed by atoms with Crippen molar-refractivity contribution >= 4 is 11.8 Å². The molecule has 1 fully saturated rings. The molecular weight excluding hydrogens is 216 g/mol. The number of likely N-dealkylation sites (N-methyl/N-ethyl adjacent to an activating group) is 1. The summed E-state index contributed by atoms with van der Waals surface area (Å²) < 4.78 is 5.41. The largest absolute Gasteiger partial charge is 0.379 e. The maximum Gasteiger partial charge on any atom is 0.224 e. The molecule has 5 nitrogen and oxygen atoms in total. The fourth-order valence-corrected chi connectivity index (χ4v) is 1.98. The first kappa shape index (κ1) is 12.1. The summed E-state index contributed by atoms with van der Waals surface area (Å²) in [7, 11) is 2.07. The van der Waals surface area contributed by atoms with E-state index in [0.717, 1.165) is 37.7 Å². The van der Waals surface area contributed by atoms with Gasteiger partial charge in [-0.3, -0.25) is 0 Å². The van der Waals surface area contributed by atoms with Crippen LogP contribution in [0.2, 0.25) is 0 Å². The Balaban J connectivity index is 2.18. The number of ether oxygens (including phenoxy) is 1. The van der Waals surface area contributed by atoms with E-state index in [1.807, 2.05) is 19.9 Å². The molecule has 5 heteroatoms. The van der Waals surface area contributed by atoms with Gasteiger partial charge in [-0.25, -0.2) is 4.98 Å². The molecule has 1 unspecified atom stereocenters. The van der Waals surface area contributed by atoms with Gasteiger partial charge in [0.1, 0.15) is 5.82 Å². The summed E-state index contributed by atoms with van der Waals surface area (Å²) in [5, 5.41) is 3.15. The van der Waals surface area contributed by atoms with Crippen LogP contribution in [-0.2, 0) is 4.74 Å². The highest BCUT2D eigenvalue weighted by atomic mass is 16.5. The van der Waals surface area contributed by atoms with Crippen LogP contribution in [0.3, 0.4) is 0 Å². The molecule has 0 aliphatic carbocycles. The number of nitrogens with one attached hydrogen (secondary N) is 1. The number of hydrogen-bond acceptors (Lipinski definition) is 5. The van der Waals surface area contributed by atoms with Crippen LogP contribution in [0.5, 0.6) is 0 Å². The van der Waals surface area contributed by atoms with Gasteiger partial charge < -0.3 is 15.0 Å². The van der Waals surface area contributed by atoms with E-state index in [1.165, 1.54) is 0 Å². The minimum absolute atomic E-state index is 0.429. The number of aryl methyl sites for hydroxylation is 1. The van der Waals surface area contributed by atoms with E-state index in [1.54, 1.807) is 0 Å². The molecule has 0 amide bonds. The van der Waals surface area contributed by atoms with Crippen molar-refractivity contribution in [2.45, 2.75) is 26.3 Å². The van der Waals surface area contributed by atoms with Crippen molar-refractivity contribution in [2.75, 3.05) is 37.0 Å². The van der Waals surface area contributed by atoms with Crippen molar-refractivity contribution < 1.29 is 4.74 Å². The zero-order chi connectivity index (χ0) is 12.3. The highest BCUT2D eigenvalue weighted by molar-refractivity contribution is 5.45. The quantitative estimate of drug-likeness (QED) is 0.857. The highest BCUT2D eigenvalue weighted by Crippen LogP contribution is 2.19. The van der Waals surface area contributed by atoms with Gasteiger partial charge >= 0.3 is 0 Å². The molecule has 1 atom stereocenters. The van der Waals surface area contributed by atoms with Gasteiger partial charge in [0, 0.05) is 32.0 Å². The van der Waals surface area contributed by atoms with Gasteiger partial charge in [-0.1, -0.05) is 0 Å². The number of anilines is 2. The van der Waals surface area contributed by atoms with Crippen LogP contribution in [-0.4, -0.2) is 42.8 Å². The predicted octanol–water partition coefficient (Wildman–Crippen LogP) is 1.44. The molecule has 0 bridgehead atoms. The van der Waals surface area contributed by atoms with E-state index in [2.05, 4.69) is 27.2 Å². The number of aromatic nitrogens is 2. The van der Waals surface area contributed by atoms with Crippen LogP contribution in [0.25, 0.3) is 0 Å².